The lowest BCUT2D eigenvalue weighted by Crippen LogP contribution is -2.51. The fraction of sp³-hybridized carbons (Fsp3) is 0.227. The van der Waals surface area contributed by atoms with Crippen molar-refractivity contribution in [2.24, 2.45) is 13.0 Å². The monoisotopic (exact) mass is 400 g/mol. The van der Waals surface area contributed by atoms with E-state index in [1.165, 1.54) is 4.68 Å². The van der Waals surface area contributed by atoms with Crippen LogP contribution in [0, 0.1) is 5.92 Å². The van der Waals surface area contributed by atoms with E-state index in [2.05, 4.69) is 20.0 Å². The van der Waals surface area contributed by atoms with Crippen molar-refractivity contribution in [3.05, 3.63) is 81.6 Å². The minimum absolute atomic E-state index is 0.0537. The molecule has 0 radical (unpaired) electrons. The summed E-state index contributed by atoms with van der Waals surface area (Å²) in [4.78, 5) is 35.7. The Morgan fingerprint density at radius 1 is 1.00 bits per heavy atom. The van der Waals surface area contributed by atoms with Gasteiger partial charge in [-0.15, -0.1) is 0 Å². The van der Waals surface area contributed by atoms with Crippen molar-refractivity contribution < 1.29 is 0 Å². The summed E-state index contributed by atoms with van der Waals surface area (Å²) in [5.74, 6) is 0.909. The molecule has 1 aromatic carbocycles. The van der Waals surface area contributed by atoms with Crippen LogP contribution in [-0.2, 0) is 13.6 Å². The molecule has 8 heteroatoms. The zero-order valence-corrected chi connectivity index (χ0v) is 16.5. The van der Waals surface area contributed by atoms with Gasteiger partial charge in [0.05, 0.1) is 23.1 Å². The van der Waals surface area contributed by atoms with Crippen LogP contribution in [0.4, 0.5) is 5.95 Å². The van der Waals surface area contributed by atoms with Gasteiger partial charge in [0, 0.05) is 50.1 Å². The maximum absolute atomic E-state index is 12.6. The maximum Gasteiger partial charge on any atom is 0.266 e. The largest absolute Gasteiger partial charge is 0.341 e. The molecular formula is C22H20N6O2. The van der Waals surface area contributed by atoms with Crippen molar-refractivity contribution in [3.63, 3.8) is 0 Å². The van der Waals surface area contributed by atoms with Crippen LogP contribution < -0.4 is 16.0 Å². The molecule has 150 valence electrons. The molecule has 4 heterocycles. The number of hydrogen-bond donors (Lipinski definition) is 0. The number of aromatic nitrogens is 5. The molecule has 0 bridgehead atoms. The highest BCUT2D eigenvalue weighted by molar-refractivity contribution is 5.78. The van der Waals surface area contributed by atoms with Gasteiger partial charge >= 0.3 is 0 Å². The number of rotatable bonds is 4. The van der Waals surface area contributed by atoms with Crippen molar-refractivity contribution in [3.8, 4) is 11.3 Å². The van der Waals surface area contributed by atoms with Gasteiger partial charge in [0.1, 0.15) is 0 Å². The van der Waals surface area contributed by atoms with Gasteiger partial charge in [0.2, 0.25) is 5.95 Å². The third kappa shape index (κ3) is 3.16. The summed E-state index contributed by atoms with van der Waals surface area (Å²) in [5.41, 5.74) is 2.18. The molecule has 1 aliphatic rings. The predicted molar refractivity (Wildman–Crippen MR) is 114 cm³/mol. The Morgan fingerprint density at radius 2 is 1.77 bits per heavy atom. The third-order valence-corrected chi connectivity index (χ3v) is 5.47. The van der Waals surface area contributed by atoms with Crippen LogP contribution in [0.3, 0.4) is 0 Å². The summed E-state index contributed by atoms with van der Waals surface area (Å²) < 4.78 is 3.11. The summed E-state index contributed by atoms with van der Waals surface area (Å²) in [7, 11) is 1.74. The van der Waals surface area contributed by atoms with Crippen LogP contribution in [0.5, 0.6) is 0 Å². The molecule has 0 aliphatic carbocycles. The minimum Gasteiger partial charge on any atom is -0.341 e. The first-order valence-electron chi connectivity index (χ1n) is 9.79. The standard InChI is InChI=1S/C22H20N6O2/c1-26-21(30)17-4-2-3-5-19(17)24-22(26)27-12-15(13-27)14-28-20(29)7-6-18(25-28)16-8-10-23-11-9-16/h2-11,15H,12-14H2,1H3. The molecule has 3 aromatic heterocycles. The predicted octanol–water partition coefficient (Wildman–Crippen LogP) is 1.69. The second-order valence-electron chi connectivity index (χ2n) is 7.54. The first-order valence-corrected chi connectivity index (χ1v) is 9.79. The summed E-state index contributed by atoms with van der Waals surface area (Å²) >= 11 is 0. The van der Waals surface area contributed by atoms with E-state index in [0.717, 1.165) is 11.3 Å². The van der Waals surface area contributed by atoms with Crippen molar-refractivity contribution in [2.45, 2.75) is 6.54 Å². The average Bonchev–Trinajstić information content (AvgIpc) is 2.75. The number of anilines is 1. The molecule has 0 spiro atoms. The highest BCUT2D eigenvalue weighted by Gasteiger charge is 2.30. The lowest BCUT2D eigenvalue weighted by Gasteiger charge is -2.40. The van der Waals surface area contributed by atoms with E-state index in [1.54, 1.807) is 42.2 Å². The van der Waals surface area contributed by atoms with Gasteiger partial charge < -0.3 is 4.90 Å². The van der Waals surface area contributed by atoms with Gasteiger partial charge in [-0.25, -0.2) is 9.67 Å². The van der Waals surface area contributed by atoms with Crippen LogP contribution in [-0.4, -0.2) is 37.4 Å². The van der Waals surface area contributed by atoms with Gasteiger partial charge in [-0.1, -0.05) is 12.1 Å². The summed E-state index contributed by atoms with van der Waals surface area (Å²) in [6, 6.07) is 14.4. The Hall–Kier alpha value is -3.81. The molecule has 8 nitrogen and oxygen atoms in total. The first kappa shape index (κ1) is 18.2. The Labute approximate surface area is 172 Å². The molecule has 1 saturated heterocycles. The molecule has 1 aliphatic heterocycles. The van der Waals surface area contributed by atoms with Gasteiger partial charge in [0.15, 0.2) is 0 Å². The average molecular weight is 400 g/mol. The summed E-state index contributed by atoms with van der Waals surface area (Å²) in [6.45, 7) is 1.95. The topological polar surface area (TPSA) is 85.9 Å². The smallest absolute Gasteiger partial charge is 0.266 e. The lowest BCUT2D eigenvalue weighted by atomic mass is 10.0. The molecule has 30 heavy (non-hydrogen) atoms. The van der Waals surface area contributed by atoms with E-state index in [0.29, 0.717) is 36.5 Å². The quantitative estimate of drug-likeness (QED) is 0.518. The summed E-state index contributed by atoms with van der Waals surface area (Å²) in [6.07, 6.45) is 3.41. The van der Waals surface area contributed by atoms with Gasteiger partial charge in [-0.05, 0) is 30.3 Å². The molecule has 0 N–H and O–H groups in total. The van der Waals surface area contributed by atoms with Crippen molar-refractivity contribution in [1.82, 2.24) is 24.3 Å². The molecule has 0 atom stereocenters. The second kappa shape index (κ2) is 7.22. The van der Waals surface area contributed by atoms with Crippen LogP contribution >= 0.6 is 0 Å². The zero-order chi connectivity index (χ0) is 20.7. The molecule has 0 unspecified atom stereocenters. The van der Waals surface area contributed by atoms with E-state index in [9.17, 15) is 9.59 Å². The summed E-state index contributed by atoms with van der Waals surface area (Å²) in [5, 5.41) is 5.14. The molecule has 1 fully saturated rings. The maximum atomic E-state index is 12.6. The number of nitrogens with zero attached hydrogens (tertiary/aromatic N) is 6. The van der Waals surface area contributed by atoms with Crippen molar-refractivity contribution in [1.29, 1.82) is 0 Å². The SMILES string of the molecule is Cn1c(N2CC(Cn3nc(-c4ccncc4)ccc3=O)C2)nc2ccccc2c1=O. The van der Waals surface area contributed by atoms with Gasteiger partial charge in [-0.3, -0.25) is 19.1 Å². The Bertz CT molecular complexity index is 1340. The fourth-order valence-corrected chi connectivity index (χ4v) is 3.84. The number of fused-ring (bicyclic) bond motifs is 1. The molecule has 4 aromatic rings. The molecule has 5 rings (SSSR count). The van der Waals surface area contributed by atoms with Crippen LogP contribution in [0.1, 0.15) is 0 Å². The second-order valence-corrected chi connectivity index (χ2v) is 7.54. The number of hydrogen-bond acceptors (Lipinski definition) is 6. The van der Waals surface area contributed by atoms with Crippen molar-refractivity contribution in [2.75, 3.05) is 18.0 Å². The minimum atomic E-state index is -0.123. The van der Waals surface area contributed by atoms with Gasteiger partial charge in [0.25, 0.3) is 11.1 Å². The van der Waals surface area contributed by atoms with Crippen molar-refractivity contribution >= 4 is 16.9 Å². The van der Waals surface area contributed by atoms with E-state index in [1.807, 2.05) is 30.3 Å². The Morgan fingerprint density at radius 3 is 2.57 bits per heavy atom. The Balaban J connectivity index is 1.35. The molecular weight excluding hydrogens is 380 g/mol. The third-order valence-electron chi connectivity index (χ3n) is 5.47. The zero-order valence-electron chi connectivity index (χ0n) is 16.5. The van der Waals surface area contributed by atoms with Gasteiger partial charge in [-0.2, -0.15) is 5.10 Å². The fourth-order valence-electron chi connectivity index (χ4n) is 3.84. The van der Waals surface area contributed by atoms with E-state index >= 15 is 0 Å². The van der Waals surface area contributed by atoms with E-state index in [4.69, 9.17) is 0 Å². The normalized spacial score (nSPS) is 14.1. The van der Waals surface area contributed by atoms with E-state index < -0.39 is 0 Å². The van der Waals surface area contributed by atoms with Crippen LogP contribution in [0.25, 0.3) is 22.2 Å². The first-order chi connectivity index (χ1) is 14.6. The highest BCUT2D eigenvalue weighted by atomic mass is 16.1. The molecule has 0 amide bonds. The number of benzene rings is 1. The highest BCUT2D eigenvalue weighted by Crippen LogP contribution is 2.24. The van der Waals surface area contributed by atoms with Crippen LogP contribution in [0.15, 0.2) is 70.5 Å². The van der Waals surface area contributed by atoms with Crippen LogP contribution in [0.2, 0.25) is 0 Å². The number of pyridine rings is 1. The lowest BCUT2D eigenvalue weighted by molar-refractivity contribution is 0.329. The number of para-hydroxylation sites is 1. The van der Waals surface area contributed by atoms with E-state index in [-0.39, 0.29) is 17.0 Å². The Kier molecular flexibility index (Phi) is 4.39. The molecule has 0 saturated carbocycles.